The van der Waals surface area contributed by atoms with E-state index in [1.807, 2.05) is 72.8 Å². The highest BCUT2D eigenvalue weighted by atomic mass is 19.1. The van der Waals surface area contributed by atoms with Crippen LogP contribution in [0, 0.1) is 0 Å². The van der Waals surface area contributed by atoms with Crippen molar-refractivity contribution in [1.82, 2.24) is 0 Å². The highest BCUT2D eigenvalue weighted by Gasteiger charge is 2.16. The number of ether oxygens (including phenoxy) is 5. The number of hydrogen-bond acceptors (Lipinski definition) is 7. The van der Waals surface area contributed by atoms with Crippen molar-refractivity contribution in [1.29, 1.82) is 0 Å². The Labute approximate surface area is 446 Å². The molecule has 0 aliphatic heterocycles. The van der Waals surface area contributed by atoms with Gasteiger partial charge in [0.05, 0.1) is 24.3 Å². The molecule has 0 fully saturated rings. The molecule has 6 rings (SSSR count). The van der Waals surface area contributed by atoms with Gasteiger partial charge in [-0.2, -0.15) is 0 Å². The van der Waals surface area contributed by atoms with Gasteiger partial charge in [-0.05, 0) is 95.8 Å². The molecule has 0 aromatic heterocycles. The molecule has 0 saturated carbocycles. The summed E-state index contributed by atoms with van der Waals surface area (Å²) in [5, 5.41) is 0. The van der Waals surface area contributed by atoms with Crippen molar-refractivity contribution in [2.24, 2.45) is 0 Å². The van der Waals surface area contributed by atoms with Gasteiger partial charge < -0.3 is 23.7 Å². The van der Waals surface area contributed by atoms with E-state index in [1.165, 1.54) is 89.9 Å². The van der Waals surface area contributed by atoms with Crippen LogP contribution in [0.5, 0.6) is 23.0 Å². The second kappa shape index (κ2) is 33.6. The predicted molar refractivity (Wildman–Crippen MR) is 300 cm³/mol. The lowest BCUT2D eigenvalue weighted by atomic mass is 10.0. The largest absolute Gasteiger partial charge is 0.493 e. The molecule has 0 saturated heterocycles. The van der Waals surface area contributed by atoms with Crippen LogP contribution in [-0.2, 0) is 17.6 Å². The van der Waals surface area contributed by atoms with Crippen molar-refractivity contribution in [2.45, 2.75) is 155 Å². The molecular weight excluding hydrogens is 943 g/mol. The van der Waals surface area contributed by atoms with Crippen molar-refractivity contribution < 1.29 is 42.1 Å². The van der Waals surface area contributed by atoms with Gasteiger partial charge in [-0.3, -0.25) is 0 Å². The van der Waals surface area contributed by atoms with Crippen LogP contribution in [0.2, 0.25) is 0 Å². The highest BCUT2D eigenvalue weighted by molar-refractivity contribution is 5.92. The predicted octanol–water partition coefficient (Wildman–Crippen LogP) is 17.8. The number of rotatable bonds is 36. The zero-order valence-electron chi connectivity index (χ0n) is 44.6. The minimum absolute atomic E-state index is 0.171. The summed E-state index contributed by atoms with van der Waals surface area (Å²) >= 11 is 0. The average Bonchev–Trinajstić information content (AvgIpc) is 3.43. The minimum Gasteiger partial charge on any atom is -0.493 e. The molecule has 9 heteroatoms. The summed E-state index contributed by atoms with van der Waals surface area (Å²) in [4.78, 5) is 26.0. The Morgan fingerprint density at radius 2 is 0.747 bits per heavy atom. The molecule has 6 aromatic carbocycles. The zero-order valence-corrected chi connectivity index (χ0v) is 44.6. The van der Waals surface area contributed by atoms with Gasteiger partial charge in [0.1, 0.15) is 35.3 Å². The van der Waals surface area contributed by atoms with E-state index in [0.717, 1.165) is 57.7 Å². The third kappa shape index (κ3) is 21.1. The maximum absolute atomic E-state index is 14.9. The number of carbonyl (C=O) groups excluding carboxylic acids is 2. The van der Waals surface area contributed by atoms with Gasteiger partial charge in [0, 0.05) is 50.0 Å². The third-order valence-corrected chi connectivity index (χ3v) is 13.5. The number of benzene rings is 6. The van der Waals surface area contributed by atoms with Crippen molar-refractivity contribution in [3.63, 3.8) is 0 Å². The van der Waals surface area contributed by atoms with Crippen molar-refractivity contribution in [2.75, 3.05) is 26.4 Å². The molecular formula is C66H80F2O7. The Morgan fingerprint density at radius 3 is 1.12 bits per heavy atom. The van der Waals surface area contributed by atoms with Crippen LogP contribution in [0.25, 0.3) is 22.3 Å². The smallest absolute Gasteiger partial charge is 0.343 e. The number of carbonyl (C=O) groups is 2. The van der Waals surface area contributed by atoms with Crippen LogP contribution >= 0.6 is 0 Å². The topological polar surface area (TPSA) is 80.3 Å². The normalized spacial score (nSPS) is 12.0. The quantitative estimate of drug-likeness (QED) is 0.0220. The number of alkyl halides is 2. The van der Waals surface area contributed by atoms with Crippen molar-refractivity contribution in [3.05, 3.63) is 168 Å². The van der Waals surface area contributed by atoms with E-state index in [2.05, 4.69) is 13.8 Å². The molecule has 0 bridgehead atoms. The molecule has 2 atom stereocenters. The summed E-state index contributed by atoms with van der Waals surface area (Å²) in [5.74, 6) is 1.44. The lowest BCUT2D eigenvalue weighted by molar-refractivity contribution is 0.0725. The van der Waals surface area contributed by atoms with Gasteiger partial charge in [-0.1, -0.05) is 189 Å². The summed E-state index contributed by atoms with van der Waals surface area (Å²) in [6.45, 7) is 6.17. The van der Waals surface area contributed by atoms with Gasteiger partial charge >= 0.3 is 11.9 Å². The fourth-order valence-electron chi connectivity index (χ4n) is 9.03. The van der Waals surface area contributed by atoms with E-state index in [9.17, 15) is 18.4 Å². The van der Waals surface area contributed by atoms with Crippen molar-refractivity contribution in [3.8, 4) is 45.3 Å². The Hall–Kier alpha value is -6.32. The van der Waals surface area contributed by atoms with E-state index < -0.39 is 24.3 Å². The fourth-order valence-corrected chi connectivity index (χ4v) is 9.03. The first-order valence-electron chi connectivity index (χ1n) is 27.9. The van der Waals surface area contributed by atoms with E-state index in [0.29, 0.717) is 35.8 Å². The van der Waals surface area contributed by atoms with Gasteiger partial charge in [0.2, 0.25) is 0 Å². The number of unbranched alkanes of at least 4 members (excludes halogenated alkanes) is 14. The summed E-state index contributed by atoms with van der Waals surface area (Å²) < 4.78 is 59.1. The first kappa shape index (κ1) is 57.9. The molecule has 400 valence electrons. The van der Waals surface area contributed by atoms with Crippen LogP contribution in [-0.4, -0.2) is 50.7 Å². The lowest BCUT2D eigenvalue weighted by Gasteiger charge is -2.13. The standard InChI is InChI=1S/C66H80F2O7/c1-3-5-7-9-11-13-15-21-45-72-63-25-19-17-23-61(63)53-31-35-55(36-32-53)65(69)74-59-39-27-51(28-40-59)49-57(67)43-47-71-48-44-58(68)50-52-29-41-60(42-30-52)75-66(70)56-37-33-54(34-38-56)62-24-18-20-26-64(62)73-46-22-16-14-12-10-8-6-4-2/h17-20,23-42,57-58H,3-16,21-22,43-50H2,1-2H3/t57-,58-/m0/s1. The number of halogens is 2. The van der Waals surface area contributed by atoms with E-state index in [-0.39, 0.29) is 38.9 Å². The summed E-state index contributed by atoms with van der Waals surface area (Å²) in [7, 11) is 0. The molecule has 0 N–H and O–H groups in total. The molecule has 0 aliphatic rings. The second-order valence-corrected chi connectivity index (χ2v) is 19.7. The van der Waals surface area contributed by atoms with Crippen molar-refractivity contribution >= 4 is 11.9 Å². The molecule has 0 aliphatic carbocycles. The van der Waals surface area contributed by atoms with Gasteiger partial charge in [0.25, 0.3) is 0 Å². The summed E-state index contributed by atoms with van der Waals surface area (Å²) in [5.41, 5.74) is 6.22. The van der Waals surface area contributed by atoms with Gasteiger partial charge in [0.15, 0.2) is 0 Å². The molecule has 6 aromatic rings. The Balaban J connectivity index is 0.827. The molecule has 7 nitrogen and oxygen atoms in total. The van der Waals surface area contributed by atoms with Gasteiger partial charge in [-0.15, -0.1) is 0 Å². The maximum atomic E-state index is 14.9. The summed E-state index contributed by atoms with van der Waals surface area (Å²) in [6, 6.07) is 44.2. The number of hydrogen-bond donors (Lipinski definition) is 0. The zero-order chi connectivity index (χ0) is 52.7. The third-order valence-electron chi connectivity index (χ3n) is 13.5. The van der Waals surface area contributed by atoms with E-state index >= 15 is 0 Å². The first-order valence-corrected chi connectivity index (χ1v) is 27.9. The second-order valence-electron chi connectivity index (χ2n) is 19.7. The van der Waals surface area contributed by atoms with Crippen LogP contribution in [0.3, 0.4) is 0 Å². The van der Waals surface area contributed by atoms with Crippen LogP contribution in [0.4, 0.5) is 8.78 Å². The highest BCUT2D eigenvalue weighted by Crippen LogP contribution is 2.32. The Morgan fingerprint density at radius 1 is 0.400 bits per heavy atom. The monoisotopic (exact) mass is 1020 g/mol. The van der Waals surface area contributed by atoms with Crippen LogP contribution in [0.15, 0.2) is 146 Å². The molecule has 0 radical (unpaired) electrons. The van der Waals surface area contributed by atoms with E-state index in [4.69, 9.17) is 23.7 Å². The Kier molecular flexibility index (Phi) is 25.9. The molecule has 0 heterocycles. The SMILES string of the molecule is CCCCCCCCCCOc1ccccc1-c1ccc(C(=O)Oc2ccc(C[C@@H](F)CCOCC[C@H](F)Cc3ccc(OC(=O)c4ccc(-c5ccccc5OCCCCCCCCCC)cc4)cc3)cc2)cc1. The maximum Gasteiger partial charge on any atom is 0.343 e. The summed E-state index contributed by atoms with van der Waals surface area (Å²) in [6.07, 6.45) is 18.3. The van der Waals surface area contributed by atoms with Crippen LogP contribution in [0.1, 0.15) is 161 Å². The number of para-hydroxylation sites is 2. The molecule has 0 spiro atoms. The average molecular weight is 1020 g/mol. The molecule has 75 heavy (non-hydrogen) atoms. The Bertz CT molecular complexity index is 2350. The fraction of sp³-hybridized carbons (Fsp3) is 0.424. The number of esters is 2. The van der Waals surface area contributed by atoms with Gasteiger partial charge in [-0.25, -0.2) is 18.4 Å². The molecule has 0 amide bonds. The van der Waals surface area contributed by atoms with Crippen LogP contribution < -0.4 is 18.9 Å². The van der Waals surface area contributed by atoms with E-state index in [1.54, 1.807) is 72.8 Å². The minimum atomic E-state index is -1.15. The molecule has 0 unspecified atom stereocenters. The first-order chi connectivity index (χ1) is 36.8. The lowest BCUT2D eigenvalue weighted by Crippen LogP contribution is -2.13.